The van der Waals surface area contributed by atoms with Crippen molar-refractivity contribution in [3.05, 3.63) is 35.4 Å². The lowest BCUT2D eigenvalue weighted by molar-refractivity contribution is 0.00752. The SMILES string of the molecule is CCN(CC)Cc1ccc(CNC(=NC)NCC(C(C)C)N2CCOCC2)cc1. The minimum atomic E-state index is 0.483. The van der Waals surface area contributed by atoms with Gasteiger partial charge in [0.15, 0.2) is 5.96 Å². The van der Waals surface area contributed by atoms with Crippen molar-refractivity contribution in [3.8, 4) is 0 Å². The Morgan fingerprint density at radius 3 is 2.24 bits per heavy atom. The molecule has 1 aromatic carbocycles. The van der Waals surface area contributed by atoms with E-state index in [1.807, 2.05) is 7.05 Å². The van der Waals surface area contributed by atoms with E-state index >= 15 is 0 Å². The van der Waals surface area contributed by atoms with Gasteiger partial charge in [0, 0.05) is 45.8 Å². The number of morpholine rings is 1. The van der Waals surface area contributed by atoms with Gasteiger partial charge < -0.3 is 15.4 Å². The van der Waals surface area contributed by atoms with E-state index in [2.05, 4.69) is 77.4 Å². The Morgan fingerprint density at radius 2 is 1.69 bits per heavy atom. The summed E-state index contributed by atoms with van der Waals surface area (Å²) in [5, 5.41) is 6.97. The molecule has 0 radical (unpaired) electrons. The molecule has 1 aliphatic heterocycles. The molecule has 2 rings (SSSR count). The van der Waals surface area contributed by atoms with Crippen LogP contribution in [0.3, 0.4) is 0 Å². The summed E-state index contributed by atoms with van der Waals surface area (Å²) in [6.45, 7) is 17.5. The van der Waals surface area contributed by atoms with Crippen molar-refractivity contribution < 1.29 is 4.74 Å². The second-order valence-corrected chi connectivity index (χ2v) is 8.04. The topological polar surface area (TPSA) is 52.1 Å². The van der Waals surface area contributed by atoms with Crippen LogP contribution in [0.25, 0.3) is 0 Å². The van der Waals surface area contributed by atoms with Gasteiger partial charge in [0.25, 0.3) is 0 Å². The highest BCUT2D eigenvalue weighted by Gasteiger charge is 2.23. The quantitative estimate of drug-likeness (QED) is 0.464. The van der Waals surface area contributed by atoms with Crippen LogP contribution in [0.2, 0.25) is 0 Å². The molecule has 6 nitrogen and oxygen atoms in total. The normalized spacial score (nSPS) is 17.0. The molecule has 2 N–H and O–H groups in total. The average molecular weight is 404 g/mol. The van der Waals surface area contributed by atoms with E-state index in [1.54, 1.807) is 0 Å². The summed E-state index contributed by atoms with van der Waals surface area (Å²) >= 11 is 0. The Kier molecular flexibility index (Phi) is 10.5. The van der Waals surface area contributed by atoms with Crippen molar-refractivity contribution in [2.45, 2.75) is 46.8 Å². The summed E-state index contributed by atoms with van der Waals surface area (Å²) < 4.78 is 5.51. The van der Waals surface area contributed by atoms with E-state index in [1.165, 1.54) is 11.1 Å². The van der Waals surface area contributed by atoms with Gasteiger partial charge in [-0.05, 0) is 30.1 Å². The molecule has 0 saturated carbocycles. The van der Waals surface area contributed by atoms with Gasteiger partial charge >= 0.3 is 0 Å². The molecule has 1 aliphatic rings. The van der Waals surface area contributed by atoms with E-state index in [9.17, 15) is 0 Å². The third-order valence-electron chi connectivity index (χ3n) is 5.77. The maximum Gasteiger partial charge on any atom is 0.191 e. The molecule has 0 spiro atoms. The van der Waals surface area contributed by atoms with Gasteiger partial charge in [-0.3, -0.25) is 14.8 Å². The maximum atomic E-state index is 5.51. The molecule has 1 unspecified atom stereocenters. The fourth-order valence-corrected chi connectivity index (χ4v) is 3.77. The number of nitrogens with zero attached hydrogens (tertiary/aromatic N) is 3. The molecule has 1 saturated heterocycles. The van der Waals surface area contributed by atoms with Gasteiger partial charge in [-0.25, -0.2) is 0 Å². The Hall–Kier alpha value is -1.63. The Morgan fingerprint density at radius 1 is 1.07 bits per heavy atom. The number of hydrogen-bond acceptors (Lipinski definition) is 4. The van der Waals surface area contributed by atoms with E-state index in [4.69, 9.17) is 4.74 Å². The summed E-state index contributed by atoms with van der Waals surface area (Å²) in [5.74, 6) is 1.44. The van der Waals surface area contributed by atoms with E-state index < -0.39 is 0 Å². The zero-order valence-corrected chi connectivity index (χ0v) is 19.1. The maximum absolute atomic E-state index is 5.51. The molecular formula is C23H41N5O. The first kappa shape index (κ1) is 23.6. The molecule has 1 heterocycles. The molecule has 1 atom stereocenters. The van der Waals surface area contributed by atoms with Crippen molar-refractivity contribution in [3.63, 3.8) is 0 Å². The Bertz CT molecular complexity index is 592. The lowest BCUT2D eigenvalue weighted by Gasteiger charge is -2.37. The van der Waals surface area contributed by atoms with Gasteiger partial charge in [-0.2, -0.15) is 0 Å². The van der Waals surface area contributed by atoms with Gasteiger partial charge in [-0.1, -0.05) is 52.0 Å². The monoisotopic (exact) mass is 403 g/mol. The number of benzene rings is 1. The number of rotatable bonds is 10. The van der Waals surface area contributed by atoms with E-state index in [-0.39, 0.29) is 0 Å². The zero-order valence-electron chi connectivity index (χ0n) is 19.1. The second kappa shape index (κ2) is 12.8. The third-order valence-corrected chi connectivity index (χ3v) is 5.77. The molecule has 6 heteroatoms. The van der Waals surface area contributed by atoms with Crippen LogP contribution in [0.1, 0.15) is 38.8 Å². The number of guanidine groups is 1. The summed E-state index contributed by atoms with van der Waals surface area (Å²) in [4.78, 5) is 9.36. The van der Waals surface area contributed by atoms with Crippen LogP contribution in [0.4, 0.5) is 0 Å². The molecule has 0 aliphatic carbocycles. The van der Waals surface area contributed by atoms with Crippen molar-refractivity contribution in [1.29, 1.82) is 0 Å². The number of hydrogen-bond donors (Lipinski definition) is 2. The molecule has 1 aromatic rings. The number of ether oxygens (including phenoxy) is 1. The summed E-state index contributed by atoms with van der Waals surface area (Å²) in [7, 11) is 1.83. The minimum Gasteiger partial charge on any atom is -0.379 e. The van der Waals surface area contributed by atoms with E-state index in [0.29, 0.717) is 12.0 Å². The first-order valence-corrected chi connectivity index (χ1v) is 11.1. The third kappa shape index (κ3) is 7.96. The lowest BCUT2D eigenvalue weighted by atomic mass is 10.0. The number of aliphatic imine (C=N–C) groups is 1. The molecule has 0 bridgehead atoms. The Balaban J connectivity index is 1.82. The van der Waals surface area contributed by atoms with Crippen LogP contribution in [0.15, 0.2) is 29.3 Å². The van der Waals surface area contributed by atoms with Crippen LogP contribution in [-0.2, 0) is 17.8 Å². The van der Waals surface area contributed by atoms with Crippen molar-refractivity contribution in [2.75, 3.05) is 53.0 Å². The molecule has 29 heavy (non-hydrogen) atoms. The Labute approximate surface area is 177 Å². The lowest BCUT2D eigenvalue weighted by Crippen LogP contribution is -2.52. The van der Waals surface area contributed by atoms with Gasteiger partial charge in [0.2, 0.25) is 0 Å². The average Bonchev–Trinajstić information content (AvgIpc) is 2.75. The van der Waals surface area contributed by atoms with Crippen molar-refractivity contribution >= 4 is 5.96 Å². The molecule has 164 valence electrons. The fourth-order valence-electron chi connectivity index (χ4n) is 3.77. The largest absolute Gasteiger partial charge is 0.379 e. The van der Waals surface area contributed by atoms with Gasteiger partial charge in [0.05, 0.1) is 13.2 Å². The predicted octanol–water partition coefficient (Wildman–Crippen LogP) is 2.55. The van der Waals surface area contributed by atoms with Crippen LogP contribution in [0, 0.1) is 5.92 Å². The van der Waals surface area contributed by atoms with Crippen molar-refractivity contribution in [2.24, 2.45) is 10.9 Å². The first-order chi connectivity index (χ1) is 14.1. The standard InChI is InChI=1S/C23H41N5O/c1-6-27(7-2)18-21-10-8-20(9-11-21)16-25-23(24-5)26-17-22(19(3)4)28-12-14-29-15-13-28/h8-11,19,22H,6-7,12-18H2,1-5H3,(H2,24,25,26). The van der Waals surface area contributed by atoms with Crippen LogP contribution in [-0.4, -0.2) is 74.8 Å². The van der Waals surface area contributed by atoms with Gasteiger partial charge in [0.1, 0.15) is 0 Å². The highest BCUT2D eigenvalue weighted by Crippen LogP contribution is 2.12. The molecule has 0 amide bonds. The summed E-state index contributed by atoms with van der Waals surface area (Å²) in [6, 6.07) is 9.38. The van der Waals surface area contributed by atoms with E-state index in [0.717, 1.165) is 65.0 Å². The highest BCUT2D eigenvalue weighted by molar-refractivity contribution is 5.79. The molecular weight excluding hydrogens is 362 g/mol. The first-order valence-electron chi connectivity index (χ1n) is 11.1. The molecule has 1 fully saturated rings. The summed E-state index contributed by atoms with van der Waals surface area (Å²) in [6.07, 6.45) is 0. The minimum absolute atomic E-state index is 0.483. The highest BCUT2D eigenvalue weighted by atomic mass is 16.5. The fraction of sp³-hybridized carbons (Fsp3) is 0.696. The summed E-state index contributed by atoms with van der Waals surface area (Å²) in [5.41, 5.74) is 2.63. The van der Waals surface area contributed by atoms with Crippen LogP contribution < -0.4 is 10.6 Å². The predicted molar refractivity (Wildman–Crippen MR) is 122 cm³/mol. The van der Waals surface area contributed by atoms with Gasteiger partial charge in [-0.15, -0.1) is 0 Å². The van der Waals surface area contributed by atoms with Crippen LogP contribution >= 0.6 is 0 Å². The second-order valence-electron chi connectivity index (χ2n) is 8.04. The van der Waals surface area contributed by atoms with Crippen LogP contribution in [0.5, 0.6) is 0 Å². The zero-order chi connectivity index (χ0) is 21.1. The number of nitrogens with one attached hydrogen (secondary N) is 2. The molecule has 0 aromatic heterocycles. The smallest absolute Gasteiger partial charge is 0.191 e. The van der Waals surface area contributed by atoms with Crippen molar-refractivity contribution in [1.82, 2.24) is 20.4 Å².